The van der Waals surface area contributed by atoms with Crippen LogP contribution < -0.4 is 9.64 Å². The lowest BCUT2D eigenvalue weighted by Crippen LogP contribution is -2.55. The van der Waals surface area contributed by atoms with E-state index in [0.717, 1.165) is 63.9 Å². The number of hydrogen-bond donors (Lipinski definition) is 0. The van der Waals surface area contributed by atoms with E-state index in [1.54, 1.807) is 23.2 Å². The highest BCUT2D eigenvalue weighted by atomic mass is 35.5. The van der Waals surface area contributed by atoms with Crippen LogP contribution in [0.25, 0.3) is 22.2 Å². The molecule has 0 N–H and O–H groups in total. The molecule has 0 spiro atoms. The third kappa shape index (κ3) is 7.43. The van der Waals surface area contributed by atoms with E-state index in [9.17, 15) is 14.4 Å². The van der Waals surface area contributed by atoms with Crippen LogP contribution >= 0.6 is 11.6 Å². The molecule has 0 unspecified atom stereocenters. The topological polar surface area (TPSA) is 111 Å². The summed E-state index contributed by atoms with van der Waals surface area (Å²) in [5.74, 6) is -0.0827. The summed E-state index contributed by atoms with van der Waals surface area (Å²) in [6.07, 6.45) is 9.33. The van der Waals surface area contributed by atoms with Crippen LogP contribution in [0, 0.1) is 17.1 Å². The minimum atomic E-state index is -0.925. The Labute approximate surface area is 313 Å². The summed E-state index contributed by atoms with van der Waals surface area (Å²) in [5.41, 5.74) is 1.30. The van der Waals surface area contributed by atoms with Gasteiger partial charge in [-0.05, 0) is 56.2 Å². The van der Waals surface area contributed by atoms with E-state index >= 15 is 4.39 Å². The van der Waals surface area contributed by atoms with Crippen molar-refractivity contribution in [2.45, 2.75) is 68.6 Å². The van der Waals surface area contributed by atoms with Crippen molar-refractivity contribution in [2.24, 2.45) is 0 Å². The molecule has 5 fully saturated rings. The van der Waals surface area contributed by atoms with Gasteiger partial charge in [0.25, 0.3) is 0 Å². The Hall–Kier alpha value is -3.96. The van der Waals surface area contributed by atoms with Gasteiger partial charge in [0, 0.05) is 81.7 Å². The second-order valence-corrected chi connectivity index (χ2v) is 15.4. The van der Waals surface area contributed by atoms with E-state index in [4.69, 9.17) is 26.1 Å². The maximum absolute atomic E-state index is 16.9. The molecule has 280 valence electrons. The van der Waals surface area contributed by atoms with Gasteiger partial charge in [-0.3, -0.25) is 19.6 Å². The molecule has 3 atom stereocenters. The van der Waals surface area contributed by atoms with Gasteiger partial charge in [0.15, 0.2) is 5.82 Å². The van der Waals surface area contributed by atoms with Crippen LogP contribution in [0.5, 0.6) is 6.01 Å². The maximum Gasteiger partial charge on any atom is 0.319 e. The molecule has 3 aromatic rings. The van der Waals surface area contributed by atoms with E-state index in [-0.39, 0.29) is 42.1 Å². The van der Waals surface area contributed by atoms with Crippen molar-refractivity contribution in [2.75, 3.05) is 77.1 Å². The monoisotopic (exact) mass is 746 g/mol. The van der Waals surface area contributed by atoms with E-state index in [1.165, 1.54) is 0 Å². The van der Waals surface area contributed by atoms with Crippen LogP contribution in [0.15, 0.2) is 36.5 Å². The van der Waals surface area contributed by atoms with Crippen LogP contribution in [0.3, 0.4) is 0 Å². The minimum absolute atomic E-state index is 0.00206. The molecule has 2 aromatic heterocycles. The van der Waals surface area contributed by atoms with Gasteiger partial charge >= 0.3 is 6.01 Å². The number of alkyl halides is 1. The van der Waals surface area contributed by atoms with E-state index in [2.05, 4.69) is 25.8 Å². The average Bonchev–Trinajstić information content (AvgIpc) is 3.90. The number of ether oxygens (including phenoxy) is 2. The second-order valence-electron chi connectivity index (χ2n) is 15.0. The summed E-state index contributed by atoms with van der Waals surface area (Å²) >= 11 is 6.64. The maximum atomic E-state index is 16.9. The number of pyridine rings is 1. The Morgan fingerprint density at radius 3 is 2.87 bits per heavy atom. The summed E-state index contributed by atoms with van der Waals surface area (Å²) in [5, 5.41) is 10.8. The molecule has 5 aliphatic rings. The predicted octanol–water partition coefficient (Wildman–Crippen LogP) is 5.53. The highest BCUT2D eigenvalue weighted by Gasteiger charge is 2.49. The zero-order valence-electron chi connectivity index (χ0n) is 29.9. The molecule has 11 nitrogen and oxygen atoms in total. The van der Waals surface area contributed by atoms with Gasteiger partial charge in [0.05, 0.1) is 36.1 Å². The number of amides is 1. The first-order valence-corrected chi connectivity index (χ1v) is 19.3. The number of nitrogens with zero attached hydrogens (tertiary/aromatic N) is 8. The molecular formula is C39H45ClF2N8O3. The van der Waals surface area contributed by atoms with Crippen LogP contribution in [0.2, 0.25) is 5.02 Å². The molecule has 8 rings (SSSR count). The van der Waals surface area contributed by atoms with Crippen molar-refractivity contribution in [3.63, 3.8) is 0 Å². The number of fused-ring (bicyclic) bond motifs is 2. The lowest BCUT2D eigenvalue weighted by atomic mass is 9.95. The number of carbonyl (C=O) groups excluding carboxylic acids is 1. The van der Waals surface area contributed by atoms with E-state index in [1.807, 2.05) is 23.1 Å². The van der Waals surface area contributed by atoms with Crippen molar-refractivity contribution in [3.05, 3.63) is 53.0 Å². The Morgan fingerprint density at radius 2 is 2.02 bits per heavy atom. The van der Waals surface area contributed by atoms with Gasteiger partial charge in [-0.2, -0.15) is 15.2 Å². The van der Waals surface area contributed by atoms with E-state index < -0.39 is 23.6 Å². The fourth-order valence-electron chi connectivity index (χ4n) is 8.69. The van der Waals surface area contributed by atoms with Gasteiger partial charge in [0.1, 0.15) is 29.8 Å². The van der Waals surface area contributed by atoms with Crippen molar-refractivity contribution in [1.29, 1.82) is 5.26 Å². The third-order valence-corrected chi connectivity index (χ3v) is 11.8. The van der Waals surface area contributed by atoms with Crippen LogP contribution in [0.4, 0.5) is 14.6 Å². The fourth-order valence-corrected chi connectivity index (χ4v) is 9.02. The van der Waals surface area contributed by atoms with Crippen LogP contribution in [-0.2, 0) is 9.53 Å². The fraction of sp³-hybridized carbons (Fsp3) is 0.564. The molecule has 0 bridgehead atoms. The summed E-state index contributed by atoms with van der Waals surface area (Å²) < 4.78 is 43.3. The smallest absolute Gasteiger partial charge is 0.319 e. The number of aromatic nitrogens is 3. The molecule has 1 aliphatic carbocycles. The number of piperazine rings is 1. The molecular weight excluding hydrogens is 702 g/mol. The molecule has 6 heterocycles. The van der Waals surface area contributed by atoms with E-state index in [0.29, 0.717) is 67.5 Å². The summed E-state index contributed by atoms with van der Waals surface area (Å²) in [4.78, 5) is 35.7. The number of benzene rings is 1. The van der Waals surface area contributed by atoms with Gasteiger partial charge in [0.2, 0.25) is 5.91 Å². The van der Waals surface area contributed by atoms with Crippen LogP contribution in [-0.4, -0.2) is 125 Å². The summed E-state index contributed by atoms with van der Waals surface area (Å²) in [6, 6.07) is 7.29. The molecule has 1 aromatic carbocycles. The van der Waals surface area contributed by atoms with Gasteiger partial charge in [-0.1, -0.05) is 29.8 Å². The van der Waals surface area contributed by atoms with Crippen molar-refractivity contribution >= 4 is 34.2 Å². The highest BCUT2D eigenvalue weighted by Crippen LogP contribution is 2.48. The van der Waals surface area contributed by atoms with Crippen molar-refractivity contribution < 1.29 is 23.0 Å². The van der Waals surface area contributed by atoms with Gasteiger partial charge in [-0.25, -0.2) is 8.78 Å². The molecule has 53 heavy (non-hydrogen) atoms. The van der Waals surface area contributed by atoms with Gasteiger partial charge in [-0.15, -0.1) is 0 Å². The normalized spacial score (nSPS) is 25.5. The lowest BCUT2D eigenvalue weighted by Gasteiger charge is -2.41. The molecule has 4 aliphatic heterocycles. The zero-order chi connectivity index (χ0) is 36.5. The predicted molar refractivity (Wildman–Crippen MR) is 197 cm³/mol. The lowest BCUT2D eigenvalue weighted by molar-refractivity contribution is -0.128. The first kappa shape index (κ1) is 36.0. The number of carbonyl (C=O) groups is 1. The van der Waals surface area contributed by atoms with Gasteiger partial charge < -0.3 is 19.3 Å². The number of hydrogen-bond acceptors (Lipinski definition) is 10. The molecule has 1 saturated carbocycles. The summed E-state index contributed by atoms with van der Waals surface area (Å²) in [7, 11) is 0. The average molecular weight is 747 g/mol. The Morgan fingerprint density at radius 1 is 1.13 bits per heavy atom. The number of halogens is 3. The number of nitriles is 1. The third-order valence-electron chi connectivity index (χ3n) is 11.5. The molecule has 1 amide bonds. The van der Waals surface area contributed by atoms with Crippen molar-refractivity contribution in [1.82, 2.24) is 29.7 Å². The Balaban J connectivity index is 1.10. The number of anilines is 1. The quantitative estimate of drug-likeness (QED) is 0.246. The minimum Gasteiger partial charge on any atom is -0.461 e. The zero-order valence-corrected chi connectivity index (χ0v) is 30.6. The standard InChI is InChI=1S/C39H45ClF2N8O3/c40-31-6-1-5-29(33(31)26-8-9-26)35-34(42)36-30(22-44-35)37(46-38(45-36)53-25-39-11-3-15-49(39)23-27(41)21-39)48-16-17-50(28(24-48)10-12-43)32(51)7-2-13-47-14-4-19-52-20-18-47/h1-2,5-7,22,26-28H,3-4,8-11,13-21,23-25H2/b7-2+/t27-,28+,39+/m1/s1. The molecule has 14 heteroatoms. The second kappa shape index (κ2) is 15.4. The molecule has 4 saturated heterocycles. The molecule has 0 radical (unpaired) electrons. The highest BCUT2D eigenvalue weighted by molar-refractivity contribution is 6.32. The number of rotatable bonds is 10. The van der Waals surface area contributed by atoms with Crippen LogP contribution in [0.1, 0.15) is 56.4 Å². The largest absolute Gasteiger partial charge is 0.461 e. The Kier molecular flexibility index (Phi) is 10.5. The Bertz CT molecular complexity index is 1920. The SMILES string of the molecule is N#CC[C@H]1CN(c2nc(OC[C@@]34CCCN3C[C@H](F)C4)nc3c(F)c(-c4cccc(Cl)c4C4CC4)ncc23)CCN1C(=O)/C=C/CN1CCCOCC1. The van der Waals surface area contributed by atoms with Crippen molar-refractivity contribution in [3.8, 4) is 23.3 Å². The summed E-state index contributed by atoms with van der Waals surface area (Å²) in [6.45, 7) is 6.22. The first-order chi connectivity index (χ1) is 25.8. The first-order valence-electron chi connectivity index (χ1n) is 18.9.